The molecule has 1 unspecified atom stereocenters. The summed E-state index contributed by atoms with van der Waals surface area (Å²) < 4.78 is 0. The summed E-state index contributed by atoms with van der Waals surface area (Å²) in [6.07, 6.45) is 3.30. The lowest BCUT2D eigenvalue weighted by Gasteiger charge is -2.06. The van der Waals surface area contributed by atoms with Crippen molar-refractivity contribution in [3.63, 3.8) is 0 Å². The summed E-state index contributed by atoms with van der Waals surface area (Å²) in [5.74, 6) is -0.0156. The Hall–Kier alpha value is -1.19. The monoisotopic (exact) mass is 141 g/mol. The second-order valence-corrected chi connectivity index (χ2v) is 2.22. The molecule has 0 spiro atoms. The first-order chi connectivity index (χ1) is 4.70. The lowest BCUT2D eigenvalue weighted by molar-refractivity contribution is -0.510. The topological polar surface area (TPSA) is 60.2 Å². The Morgan fingerprint density at radius 3 is 2.80 bits per heavy atom. The Labute approximate surface area is 57.7 Å². The van der Waals surface area contributed by atoms with Gasteiger partial charge in [0.25, 0.3) is 0 Å². The zero-order valence-electron chi connectivity index (χ0n) is 5.32. The van der Waals surface area contributed by atoms with Crippen LogP contribution in [0, 0.1) is 10.1 Å². The van der Waals surface area contributed by atoms with Gasteiger partial charge in [-0.1, -0.05) is 0 Å². The summed E-state index contributed by atoms with van der Waals surface area (Å²) in [4.78, 5) is 20.3. The normalized spacial score (nSPS) is 24.8. The maximum absolute atomic E-state index is 10.5. The molecule has 0 aromatic heterocycles. The van der Waals surface area contributed by atoms with Gasteiger partial charge in [-0.15, -0.1) is 0 Å². The summed E-state index contributed by atoms with van der Waals surface area (Å²) in [6, 6.07) is -0.641. The molecular formula is C6H7NO3. The Kier molecular flexibility index (Phi) is 1.80. The first-order valence-corrected chi connectivity index (χ1v) is 3.04. The van der Waals surface area contributed by atoms with Gasteiger partial charge in [-0.05, 0) is 12.2 Å². The zero-order chi connectivity index (χ0) is 7.56. The van der Waals surface area contributed by atoms with Gasteiger partial charge in [0.15, 0.2) is 5.78 Å². The minimum Gasteiger partial charge on any atom is -0.295 e. The molecule has 1 aliphatic carbocycles. The molecule has 0 saturated carbocycles. The van der Waals surface area contributed by atoms with E-state index in [2.05, 4.69) is 0 Å². The van der Waals surface area contributed by atoms with Crippen LogP contribution < -0.4 is 0 Å². The fourth-order valence-corrected chi connectivity index (χ4v) is 0.864. The minimum absolute atomic E-state index is 0.0156. The smallest absolute Gasteiger partial charge is 0.232 e. The molecular weight excluding hydrogens is 134 g/mol. The van der Waals surface area contributed by atoms with Crippen LogP contribution >= 0.6 is 0 Å². The fraction of sp³-hybridized carbons (Fsp3) is 0.500. The van der Waals surface area contributed by atoms with Crippen molar-refractivity contribution in [2.45, 2.75) is 18.9 Å². The highest BCUT2D eigenvalue weighted by Gasteiger charge is 2.20. The highest BCUT2D eigenvalue weighted by atomic mass is 16.6. The van der Waals surface area contributed by atoms with E-state index in [9.17, 15) is 14.9 Å². The molecule has 0 N–H and O–H groups in total. The third-order valence-corrected chi connectivity index (χ3v) is 1.46. The number of hydrogen-bond acceptors (Lipinski definition) is 3. The van der Waals surface area contributed by atoms with Crippen LogP contribution in [0.3, 0.4) is 0 Å². The molecule has 10 heavy (non-hydrogen) atoms. The lowest BCUT2D eigenvalue weighted by Crippen LogP contribution is -2.21. The standard InChI is InChI=1S/C6H7NO3/c8-6-3-1-5(2-4-6)7(9)10/h1,3,5H,2,4H2. The highest BCUT2D eigenvalue weighted by Crippen LogP contribution is 2.09. The van der Waals surface area contributed by atoms with Gasteiger partial charge < -0.3 is 0 Å². The van der Waals surface area contributed by atoms with Crippen molar-refractivity contribution in [2.75, 3.05) is 0 Å². The SMILES string of the molecule is O=C1C=CC([N+](=O)[O-])CC1. The molecule has 1 rings (SSSR count). The number of allylic oxidation sites excluding steroid dienone is 1. The van der Waals surface area contributed by atoms with Crippen molar-refractivity contribution >= 4 is 5.78 Å². The van der Waals surface area contributed by atoms with Gasteiger partial charge in [0.05, 0.1) is 0 Å². The molecule has 0 aromatic carbocycles. The van der Waals surface area contributed by atoms with Crippen molar-refractivity contribution < 1.29 is 9.72 Å². The van der Waals surface area contributed by atoms with E-state index in [0.717, 1.165) is 0 Å². The summed E-state index contributed by atoms with van der Waals surface area (Å²) in [6.45, 7) is 0. The molecule has 0 fully saturated rings. The van der Waals surface area contributed by atoms with Crippen LogP contribution in [-0.2, 0) is 4.79 Å². The summed E-state index contributed by atoms with van der Waals surface area (Å²) in [5, 5.41) is 10.1. The third-order valence-electron chi connectivity index (χ3n) is 1.46. The van der Waals surface area contributed by atoms with Crippen molar-refractivity contribution in [3.8, 4) is 0 Å². The average molecular weight is 141 g/mol. The maximum atomic E-state index is 10.5. The molecule has 4 heteroatoms. The van der Waals surface area contributed by atoms with E-state index in [1.807, 2.05) is 0 Å². The molecule has 0 radical (unpaired) electrons. The van der Waals surface area contributed by atoms with Gasteiger partial charge in [-0.25, -0.2) is 0 Å². The Bertz CT molecular complexity index is 197. The summed E-state index contributed by atoms with van der Waals surface area (Å²) in [7, 11) is 0. The number of nitrogens with zero attached hydrogens (tertiary/aromatic N) is 1. The molecule has 1 atom stereocenters. The Balaban J connectivity index is 2.61. The number of nitro groups is 1. The van der Waals surface area contributed by atoms with Crippen LogP contribution in [0.25, 0.3) is 0 Å². The molecule has 1 aliphatic rings. The first-order valence-electron chi connectivity index (χ1n) is 3.04. The average Bonchev–Trinajstić information content (AvgIpc) is 1.88. The van der Waals surface area contributed by atoms with Crippen LogP contribution in [0.5, 0.6) is 0 Å². The van der Waals surface area contributed by atoms with E-state index in [-0.39, 0.29) is 10.7 Å². The van der Waals surface area contributed by atoms with Gasteiger partial charge >= 0.3 is 0 Å². The van der Waals surface area contributed by atoms with Crippen molar-refractivity contribution in [1.82, 2.24) is 0 Å². The predicted molar refractivity (Wildman–Crippen MR) is 34.2 cm³/mol. The highest BCUT2D eigenvalue weighted by molar-refractivity contribution is 5.90. The molecule has 0 heterocycles. The lowest BCUT2D eigenvalue weighted by atomic mass is 10.0. The number of hydrogen-bond donors (Lipinski definition) is 0. The second-order valence-electron chi connectivity index (χ2n) is 2.22. The third kappa shape index (κ3) is 1.40. The summed E-state index contributed by atoms with van der Waals surface area (Å²) >= 11 is 0. The second kappa shape index (κ2) is 2.60. The molecule has 0 saturated heterocycles. The van der Waals surface area contributed by atoms with Crippen LogP contribution in [0.4, 0.5) is 0 Å². The number of ketones is 1. The van der Waals surface area contributed by atoms with E-state index in [1.165, 1.54) is 12.2 Å². The molecule has 0 aliphatic heterocycles. The first kappa shape index (κ1) is 6.92. The van der Waals surface area contributed by atoms with Gasteiger partial charge in [-0.3, -0.25) is 14.9 Å². The quantitative estimate of drug-likeness (QED) is 0.395. The molecule has 4 nitrogen and oxygen atoms in total. The van der Waals surface area contributed by atoms with Crippen LogP contribution in [0.2, 0.25) is 0 Å². The van der Waals surface area contributed by atoms with Crippen molar-refractivity contribution in [2.24, 2.45) is 0 Å². The van der Waals surface area contributed by atoms with E-state index >= 15 is 0 Å². The summed E-state index contributed by atoms with van der Waals surface area (Å²) in [5.41, 5.74) is 0. The van der Waals surface area contributed by atoms with E-state index in [4.69, 9.17) is 0 Å². The van der Waals surface area contributed by atoms with Gasteiger partial charge in [-0.2, -0.15) is 0 Å². The van der Waals surface area contributed by atoms with E-state index in [0.29, 0.717) is 12.8 Å². The molecule has 0 bridgehead atoms. The van der Waals surface area contributed by atoms with Crippen LogP contribution in [-0.4, -0.2) is 16.7 Å². The molecule has 0 amide bonds. The van der Waals surface area contributed by atoms with E-state index in [1.54, 1.807) is 0 Å². The van der Waals surface area contributed by atoms with Crippen LogP contribution in [0.1, 0.15) is 12.8 Å². The Morgan fingerprint density at radius 2 is 2.40 bits per heavy atom. The van der Waals surface area contributed by atoms with Crippen LogP contribution in [0.15, 0.2) is 12.2 Å². The van der Waals surface area contributed by atoms with Gasteiger partial charge in [0, 0.05) is 17.8 Å². The number of carbonyl (C=O) groups excluding carboxylic acids is 1. The minimum atomic E-state index is -0.641. The molecule has 0 aromatic rings. The van der Waals surface area contributed by atoms with Gasteiger partial charge in [0.1, 0.15) is 0 Å². The predicted octanol–water partition coefficient (Wildman–Crippen LogP) is 0.551. The van der Waals surface area contributed by atoms with Gasteiger partial charge in [0.2, 0.25) is 6.04 Å². The van der Waals surface area contributed by atoms with E-state index < -0.39 is 6.04 Å². The zero-order valence-corrected chi connectivity index (χ0v) is 5.32. The largest absolute Gasteiger partial charge is 0.295 e. The number of rotatable bonds is 1. The molecule has 54 valence electrons. The Morgan fingerprint density at radius 1 is 1.70 bits per heavy atom. The number of carbonyl (C=O) groups is 1. The van der Waals surface area contributed by atoms with Crippen molar-refractivity contribution in [3.05, 3.63) is 22.3 Å². The fourth-order valence-electron chi connectivity index (χ4n) is 0.864. The van der Waals surface area contributed by atoms with Crippen molar-refractivity contribution in [1.29, 1.82) is 0 Å². The maximum Gasteiger partial charge on any atom is 0.232 e.